The van der Waals surface area contributed by atoms with Crippen LogP contribution in [0.3, 0.4) is 0 Å². The fourth-order valence-corrected chi connectivity index (χ4v) is 1.74. The number of pyridine rings is 1. The van der Waals surface area contributed by atoms with Gasteiger partial charge in [0.1, 0.15) is 0 Å². The number of hydrogen-bond acceptors (Lipinski definition) is 5. The van der Waals surface area contributed by atoms with Crippen LogP contribution in [0.5, 0.6) is 0 Å². The van der Waals surface area contributed by atoms with E-state index in [9.17, 15) is 4.79 Å². The van der Waals surface area contributed by atoms with Gasteiger partial charge < -0.3 is 9.84 Å². The third-order valence-electron chi connectivity index (χ3n) is 2.72. The van der Waals surface area contributed by atoms with Gasteiger partial charge in [0, 0.05) is 18.0 Å². The van der Waals surface area contributed by atoms with Gasteiger partial charge in [-0.15, -0.1) is 0 Å². The van der Waals surface area contributed by atoms with Gasteiger partial charge in [-0.1, -0.05) is 5.16 Å². The Balaban J connectivity index is 1.90. The summed E-state index contributed by atoms with van der Waals surface area (Å²) >= 11 is 0. The molecule has 0 saturated carbocycles. The summed E-state index contributed by atoms with van der Waals surface area (Å²) in [7, 11) is 0. The van der Waals surface area contributed by atoms with E-state index in [1.165, 1.54) is 6.20 Å². The fraction of sp³-hybridized carbons (Fsp3) is 0.167. The minimum Gasteiger partial charge on any atom is -0.336 e. The molecule has 3 heterocycles. The van der Waals surface area contributed by atoms with Crippen molar-refractivity contribution in [3.05, 3.63) is 35.3 Å². The van der Waals surface area contributed by atoms with Crippen molar-refractivity contribution in [2.75, 3.05) is 5.32 Å². The quantitative estimate of drug-likeness (QED) is 0.729. The normalized spacial score (nSPS) is 10.8. The van der Waals surface area contributed by atoms with Crippen molar-refractivity contribution in [1.29, 1.82) is 0 Å². The lowest BCUT2D eigenvalue weighted by Gasteiger charge is -2.00. The number of fused-ring (bicyclic) bond motifs is 1. The number of nitrogens with zero attached hydrogens (tertiary/aromatic N) is 3. The minimum absolute atomic E-state index is 0.276. The van der Waals surface area contributed by atoms with Crippen molar-refractivity contribution >= 4 is 22.8 Å². The number of H-pyrrole nitrogens is 1. The maximum Gasteiger partial charge on any atom is 0.258 e. The molecule has 2 N–H and O–H groups in total. The number of carbonyl (C=O) groups is 1. The maximum atomic E-state index is 12.0. The lowest BCUT2D eigenvalue weighted by molar-refractivity contribution is 0.102. The molecule has 0 fully saturated rings. The number of carbonyl (C=O) groups excluding carboxylic acids is 1. The molecule has 7 nitrogen and oxygen atoms in total. The monoisotopic (exact) mass is 257 g/mol. The summed E-state index contributed by atoms with van der Waals surface area (Å²) in [5.74, 6) is 0.200. The Labute approximate surface area is 108 Å². The summed E-state index contributed by atoms with van der Waals surface area (Å²) in [4.78, 5) is 16.1. The van der Waals surface area contributed by atoms with Crippen LogP contribution in [-0.2, 0) is 0 Å². The maximum absolute atomic E-state index is 12.0. The minimum atomic E-state index is -0.276. The third kappa shape index (κ3) is 2.05. The smallest absolute Gasteiger partial charge is 0.258 e. The molecule has 0 radical (unpaired) electrons. The number of amides is 1. The number of rotatable bonds is 2. The molecule has 0 atom stereocenters. The molecule has 0 unspecified atom stereocenters. The molecule has 3 aromatic rings. The van der Waals surface area contributed by atoms with E-state index in [0.29, 0.717) is 22.8 Å². The van der Waals surface area contributed by atoms with Gasteiger partial charge in [-0.25, -0.2) is 4.98 Å². The summed E-state index contributed by atoms with van der Waals surface area (Å²) in [5.41, 5.74) is 2.43. The number of hydrogen-bond donors (Lipinski definition) is 2. The second-order valence-corrected chi connectivity index (χ2v) is 4.24. The first-order valence-electron chi connectivity index (χ1n) is 5.69. The Kier molecular flexibility index (Phi) is 2.52. The van der Waals surface area contributed by atoms with Gasteiger partial charge in [0.25, 0.3) is 11.6 Å². The van der Waals surface area contributed by atoms with Gasteiger partial charge in [0.2, 0.25) is 0 Å². The zero-order valence-corrected chi connectivity index (χ0v) is 10.4. The van der Waals surface area contributed by atoms with Crippen LogP contribution in [0.25, 0.3) is 11.1 Å². The summed E-state index contributed by atoms with van der Waals surface area (Å²) < 4.78 is 4.99. The summed E-state index contributed by atoms with van der Waals surface area (Å²) in [6.45, 7) is 3.66. The first-order chi connectivity index (χ1) is 9.13. The zero-order valence-electron chi connectivity index (χ0n) is 10.4. The first kappa shape index (κ1) is 11.4. The summed E-state index contributed by atoms with van der Waals surface area (Å²) in [6.07, 6.45) is 1.45. The van der Waals surface area contributed by atoms with E-state index in [4.69, 9.17) is 4.52 Å². The zero-order chi connectivity index (χ0) is 13.4. The van der Waals surface area contributed by atoms with Gasteiger partial charge in [-0.3, -0.25) is 9.89 Å². The van der Waals surface area contributed by atoms with E-state index in [1.54, 1.807) is 19.1 Å². The molecule has 0 bridgehead atoms. The SMILES string of the molecule is Cc1cc(NC(=O)c2cnc3onc(C)c3c2)n[nH]1. The van der Waals surface area contributed by atoms with Gasteiger partial charge >= 0.3 is 0 Å². The summed E-state index contributed by atoms with van der Waals surface area (Å²) in [5, 5.41) is 13.9. The van der Waals surface area contributed by atoms with Crippen LogP contribution >= 0.6 is 0 Å². The summed E-state index contributed by atoms with van der Waals surface area (Å²) in [6, 6.07) is 3.44. The molecule has 3 rings (SSSR count). The van der Waals surface area contributed by atoms with Crippen molar-refractivity contribution in [1.82, 2.24) is 20.3 Å². The average molecular weight is 257 g/mol. The van der Waals surface area contributed by atoms with Gasteiger partial charge in [-0.2, -0.15) is 5.10 Å². The Hall–Kier alpha value is -2.70. The first-order valence-corrected chi connectivity index (χ1v) is 5.69. The van der Waals surface area contributed by atoms with Crippen LogP contribution < -0.4 is 5.32 Å². The lowest BCUT2D eigenvalue weighted by atomic mass is 10.2. The second-order valence-electron chi connectivity index (χ2n) is 4.24. The van der Waals surface area contributed by atoms with E-state index < -0.39 is 0 Å². The molecule has 1 amide bonds. The molecule has 3 aromatic heterocycles. The van der Waals surface area contributed by atoms with Crippen LogP contribution in [0.4, 0.5) is 5.82 Å². The Morgan fingerprint density at radius 1 is 1.37 bits per heavy atom. The lowest BCUT2D eigenvalue weighted by Crippen LogP contribution is -2.12. The van der Waals surface area contributed by atoms with Crippen LogP contribution in [0, 0.1) is 13.8 Å². The molecule has 0 aliphatic rings. The average Bonchev–Trinajstić information content (AvgIpc) is 2.96. The highest BCUT2D eigenvalue weighted by Gasteiger charge is 2.12. The van der Waals surface area contributed by atoms with E-state index in [2.05, 4.69) is 25.7 Å². The highest BCUT2D eigenvalue weighted by Crippen LogP contribution is 2.17. The van der Waals surface area contributed by atoms with Crippen LogP contribution in [-0.4, -0.2) is 26.2 Å². The highest BCUT2D eigenvalue weighted by molar-refractivity contribution is 6.05. The Bertz CT molecular complexity index is 758. The molecule has 19 heavy (non-hydrogen) atoms. The number of aromatic nitrogens is 4. The molecule has 0 spiro atoms. The Morgan fingerprint density at radius 2 is 2.21 bits per heavy atom. The van der Waals surface area contributed by atoms with Gasteiger partial charge in [0.05, 0.1) is 16.6 Å². The van der Waals surface area contributed by atoms with Crippen molar-refractivity contribution < 1.29 is 9.32 Å². The topological polar surface area (TPSA) is 96.7 Å². The Morgan fingerprint density at radius 3 is 2.95 bits per heavy atom. The molecule has 0 aliphatic heterocycles. The largest absolute Gasteiger partial charge is 0.336 e. The molecule has 0 aliphatic carbocycles. The van der Waals surface area contributed by atoms with Crippen molar-refractivity contribution in [2.24, 2.45) is 0 Å². The van der Waals surface area contributed by atoms with Crippen LogP contribution in [0.15, 0.2) is 22.9 Å². The molecular weight excluding hydrogens is 246 g/mol. The highest BCUT2D eigenvalue weighted by atomic mass is 16.5. The molecular formula is C12H11N5O2. The van der Waals surface area contributed by atoms with Crippen molar-refractivity contribution in [2.45, 2.75) is 13.8 Å². The molecule has 0 aromatic carbocycles. The van der Waals surface area contributed by atoms with E-state index in [-0.39, 0.29) is 5.91 Å². The van der Waals surface area contributed by atoms with E-state index >= 15 is 0 Å². The van der Waals surface area contributed by atoms with E-state index in [0.717, 1.165) is 11.1 Å². The van der Waals surface area contributed by atoms with Crippen LogP contribution in [0.2, 0.25) is 0 Å². The number of aromatic amines is 1. The molecule has 96 valence electrons. The van der Waals surface area contributed by atoms with Gasteiger partial charge in [0.15, 0.2) is 5.82 Å². The van der Waals surface area contributed by atoms with E-state index in [1.807, 2.05) is 6.92 Å². The van der Waals surface area contributed by atoms with Crippen molar-refractivity contribution in [3.63, 3.8) is 0 Å². The fourth-order valence-electron chi connectivity index (χ4n) is 1.74. The van der Waals surface area contributed by atoms with Crippen LogP contribution in [0.1, 0.15) is 21.7 Å². The number of anilines is 1. The third-order valence-corrected chi connectivity index (χ3v) is 2.72. The second kappa shape index (κ2) is 4.20. The number of nitrogens with one attached hydrogen (secondary N) is 2. The van der Waals surface area contributed by atoms with Gasteiger partial charge in [-0.05, 0) is 19.9 Å². The molecule has 7 heteroatoms. The predicted octanol–water partition coefficient (Wildman–Crippen LogP) is 1.82. The standard InChI is InChI=1S/C12H11N5O2/c1-6-3-10(16-15-6)14-11(18)8-4-9-7(2)17-19-12(9)13-5-8/h3-5H,1-2H3,(H2,14,15,16,18). The number of aryl methyl sites for hydroxylation is 2. The van der Waals surface area contributed by atoms with Crippen molar-refractivity contribution in [3.8, 4) is 0 Å². The molecule has 0 saturated heterocycles. The predicted molar refractivity (Wildman–Crippen MR) is 67.8 cm³/mol.